The zero-order chi connectivity index (χ0) is 14.5. The lowest BCUT2D eigenvalue weighted by atomic mass is 10.2. The fourth-order valence-electron chi connectivity index (χ4n) is 1.68. The van der Waals surface area contributed by atoms with Crippen LogP contribution in [0, 0.1) is 5.82 Å². The maximum Gasteiger partial charge on any atom is 0.336 e. The van der Waals surface area contributed by atoms with Crippen LogP contribution in [0.25, 0.3) is 0 Å². The second kappa shape index (κ2) is 6.43. The minimum absolute atomic E-state index is 0.116. The van der Waals surface area contributed by atoms with E-state index >= 15 is 0 Å². The molecule has 0 unspecified atom stereocenters. The van der Waals surface area contributed by atoms with Crippen LogP contribution in [0.5, 0.6) is 5.75 Å². The lowest BCUT2D eigenvalue weighted by molar-refractivity contribution is 0.0693. The van der Waals surface area contributed by atoms with Gasteiger partial charge in [-0.05, 0) is 35.9 Å². The molecule has 0 fully saturated rings. The SMILES string of the molecule is COc1ccc(CSc2cc(F)ccc2C(=O)O)cc1. The summed E-state index contributed by atoms with van der Waals surface area (Å²) in [6.07, 6.45) is 0. The van der Waals surface area contributed by atoms with Crippen molar-refractivity contribution in [1.82, 2.24) is 0 Å². The summed E-state index contributed by atoms with van der Waals surface area (Å²) in [4.78, 5) is 11.5. The third-order valence-electron chi connectivity index (χ3n) is 2.73. The molecule has 0 amide bonds. The van der Waals surface area contributed by atoms with Crippen molar-refractivity contribution in [3.63, 3.8) is 0 Å². The van der Waals surface area contributed by atoms with E-state index in [4.69, 9.17) is 9.84 Å². The van der Waals surface area contributed by atoms with Crippen molar-refractivity contribution >= 4 is 17.7 Å². The van der Waals surface area contributed by atoms with Gasteiger partial charge in [0.05, 0.1) is 12.7 Å². The summed E-state index contributed by atoms with van der Waals surface area (Å²) in [5.74, 6) is -0.168. The van der Waals surface area contributed by atoms with Gasteiger partial charge < -0.3 is 9.84 Å². The average molecular weight is 292 g/mol. The summed E-state index contributed by atoms with van der Waals surface area (Å²) < 4.78 is 18.3. The number of halogens is 1. The van der Waals surface area contributed by atoms with Gasteiger partial charge in [-0.3, -0.25) is 0 Å². The van der Waals surface area contributed by atoms with E-state index in [1.165, 1.54) is 23.9 Å². The number of hydrogen-bond acceptors (Lipinski definition) is 3. The first-order valence-corrected chi connectivity index (χ1v) is 6.87. The second-order valence-corrected chi connectivity index (χ2v) is 5.10. The molecular weight excluding hydrogens is 279 g/mol. The summed E-state index contributed by atoms with van der Waals surface area (Å²) in [6, 6.07) is 11.1. The molecule has 5 heteroatoms. The van der Waals surface area contributed by atoms with Crippen molar-refractivity contribution in [3.8, 4) is 5.75 Å². The summed E-state index contributed by atoms with van der Waals surface area (Å²) in [7, 11) is 1.59. The normalized spacial score (nSPS) is 10.3. The van der Waals surface area contributed by atoms with Crippen LogP contribution < -0.4 is 4.74 Å². The molecule has 104 valence electrons. The van der Waals surface area contributed by atoms with Crippen molar-refractivity contribution in [2.24, 2.45) is 0 Å². The molecule has 0 saturated carbocycles. The average Bonchev–Trinajstić information content (AvgIpc) is 2.45. The smallest absolute Gasteiger partial charge is 0.336 e. The molecule has 0 heterocycles. The van der Waals surface area contributed by atoms with E-state index in [1.54, 1.807) is 7.11 Å². The molecule has 0 bridgehead atoms. The van der Waals surface area contributed by atoms with Crippen LogP contribution in [-0.4, -0.2) is 18.2 Å². The Bertz CT molecular complexity index is 611. The molecule has 0 spiro atoms. The number of carboxylic acid groups (broad SMARTS) is 1. The molecule has 0 aromatic heterocycles. The van der Waals surface area contributed by atoms with Gasteiger partial charge in [0, 0.05) is 10.6 Å². The predicted octanol–water partition coefficient (Wildman–Crippen LogP) is 3.82. The van der Waals surface area contributed by atoms with Crippen LogP contribution in [0.1, 0.15) is 15.9 Å². The van der Waals surface area contributed by atoms with E-state index in [0.29, 0.717) is 10.6 Å². The Labute approximate surface area is 120 Å². The molecule has 0 atom stereocenters. The Morgan fingerprint density at radius 3 is 2.55 bits per heavy atom. The van der Waals surface area contributed by atoms with E-state index in [0.717, 1.165) is 17.4 Å². The molecule has 3 nitrogen and oxygen atoms in total. The van der Waals surface area contributed by atoms with Crippen molar-refractivity contribution in [2.45, 2.75) is 10.6 Å². The lowest BCUT2D eigenvalue weighted by Gasteiger charge is -2.07. The number of hydrogen-bond donors (Lipinski definition) is 1. The van der Waals surface area contributed by atoms with Crippen LogP contribution >= 0.6 is 11.8 Å². The van der Waals surface area contributed by atoms with Crippen molar-refractivity contribution in [2.75, 3.05) is 7.11 Å². The quantitative estimate of drug-likeness (QED) is 0.851. The van der Waals surface area contributed by atoms with Gasteiger partial charge in [-0.15, -0.1) is 11.8 Å². The van der Waals surface area contributed by atoms with Gasteiger partial charge >= 0.3 is 5.97 Å². The van der Waals surface area contributed by atoms with E-state index in [2.05, 4.69) is 0 Å². The van der Waals surface area contributed by atoms with Gasteiger partial charge in [-0.25, -0.2) is 9.18 Å². The zero-order valence-corrected chi connectivity index (χ0v) is 11.6. The topological polar surface area (TPSA) is 46.5 Å². The molecule has 1 N–H and O–H groups in total. The van der Waals surface area contributed by atoms with Crippen LogP contribution in [0.3, 0.4) is 0 Å². The number of benzene rings is 2. The third kappa shape index (κ3) is 3.51. The fourth-order valence-corrected chi connectivity index (χ4v) is 2.70. The first-order chi connectivity index (χ1) is 9.60. The number of carbonyl (C=O) groups is 1. The van der Waals surface area contributed by atoms with Crippen LogP contribution in [0.4, 0.5) is 4.39 Å². The van der Waals surface area contributed by atoms with Gasteiger partial charge in [0.25, 0.3) is 0 Å². The van der Waals surface area contributed by atoms with E-state index in [1.807, 2.05) is 24.3 Å². The Morgan fingerprint density at radius 2 is 1.95 bits per heavy atom. The predicted molar refractivity (Wildman–Crippen MR) is 75.9 cm³/mol. The third-order valence-corrected chi connectivity index (χ3v) is 3.85. The molecule has 0 aliphatic rings. The van der Waals surface area contributed by atoms with E-state index < -0.39 is 11.8 Å². The van der Waals surface area contributed by atoms with Crippen LogP contribution in [0.2, 0.25) is 0 Å². The highest BCUT2D eigenvalue weighted by Gasteiger charge is 2.11. The van der Waals surface area contributed by atoms with Gasteiger partial charge in [-0.2, -0.15) is 0 Å². The molecule has 20 heavy (non-hydrogen) atoms. The maximum atomic E-state index is 13.2. The van der Waals surface area contributed by atoms with Crippen molar-refractivity contribution in [3.05, 3.63) is 59.4 Å². The second-order valence-electron chi connectivity index (χ2n) is 4.08. The Morgan fingerprint density at radius 1 is 1.25 bits per heavy atom. The number of ether oxygens (including phenoxy) is 1. The summed E-state index contributed by atoms with van der Waals surface area (Å²) >= 11 is 1.29. The monoisotopic (exact) mass is 292 g/mol. The van der Waals surface area contributed by atoms with E-state index in [-0.39, 0.29) is 5.56 Å². The van der Waals surface area contributed by atoms with Crippen LogP contribution in [0.15, 0.2) is 47.4 Å². The number of aromatic carboxylic acids is 1. The Balaban J connectivity index is 2.13. The van der Waals surface area contributed by atoms with Gasteiger partial charge in [0.15, 0.2) is 0 Å². The van der Waals surface area contributed by atoms with Gasteiger partial charge in [0.2, 0.25) is 0 Å². The summed E-state index contributed by atoms with van der Waals surface area (Å²) in [5.41, 5.74) is 1.13. The molecule has 0 aliphatic carbocycles. The number of rotatable bonds is 5. The van der Waals surface area contributed by atoms with Gasteiger partial charge in [-0.1, -0.05) is 12.1 Å². The number of carboxylic acids is 1. The molecular formula is C15H13FO3S. The molecule has 0 saturated heterocycles. The molecule has 2 aromatic rings. The standard InChI is InChI=1S/C15H13FO3S/c1-19-12-5-2-10(3-6-12)9-20-14-8-11(16)4-7-13(14)15(17)18/h2-8H,9H2,1H3,(H,17,18). The minimum Gasteiger partial charge on any atom is -0.497 e. The molecule has 2 aromatic carbocycles. The Kier molecular flexibility index (Phi) is 4.63. The lowest BCUT2D eigenvalue weighted by Crippen LogP contribution is -1.99. The number of thioether (sulfide) groups is 1. The zero-order valence-electron chi connectivity index (χ0n) is 10.8. The molecule has 0 radical (unpaired) electrons. The highest BCUT2D eigenvalue weighted by atomic mass is 32.2. The van der Waals surface area contributed by atoms with Gasteiger partial charge in [0.1, 0.15) is 11.6 Å². The molecule has 0 aliphatic heterocycles. The Hall–Kier alpha value is -2.01. The first kappa shape index (κ1) is 14.4. The summed E-state index contributed by atoms with van der Waals surface area (Å²) in [6.45, 7) is 0. The highest BCUT2D eigenvalue weighted by molar-refractivity contribution is 7.98. The van der Waals surface area contributed by atoms with Crippen molar-refractivity contribution in [1.29, 1.82) is 0 Å². The number of methoxy groups -OCH3 is 1. The minimum atomic E-state index is -1.05. The fraction of sp³-hybridized carbons (Fsp3) is 0.133. The maximum absolute atomic E-state index is 13.2. The largest absolute Gasteiger partial charge is 0.497 e. The summed E-state index contributed by atoms with van der Waals surface area (Å²) in [5, 5.41) is 9.07. The molecule has 2 rings (SSSR count). The van der Waals surface area contributed by atoms with E-state index in [9.17, 15) is 9.18 Å². The van der Waals surface area contributed by atoms with Crippen LogP contribution in [-0.2, 0) is 5.75 Å². The highest BCUT2D eigenvalue weighted by Crippen LogP contribution is 2.28. The first-order valence-electron chi connectivity index (χ1n) is 5.88. The van der Waals surface area contributed by atoms with Crippen molar-refractivity contribution < 1.29 is 19.0 Å².